The molecule has 0 aliphatic heterocycles. The number of carbonyl (C=O) groups is 2. The number of carbonyl (C=O) groups excluding carboxylic acids is 1. The van der Waals surface area contributed by atoms with E-state index in [2.05, 4.69) is 0 Å². The number of fused-ring (bicyclic) bond motifs is 3. The lowest BCUT2D eigenvalue weighted by Crippen LogP contribution is -2.25. The van der Waals surface area contributed by atoms with Gasteiger partial charge in [-0.25, -0.2) is 0 Å². The fraction of sp³-hybridized carbons (Fsp3) is 0.273. The molecule has 0 spiro atoms. The van der Waals surface area contributed by atoms with Crippen molar-refractivity contribution in [3.05, 3.63) is 71.4 Å². The third-order valence-electron chi connectivity index (χ3n) is 5.22. The zero-order chi connectivity index (χ0) is 18.8. The van der Waals surface area contributed by atoms with Crippen molar-refractivity contribution in [2.45, 2.75) is 32.4 Å². The largest absolute Gasteiger partial charge is 0.480 e. The molecule has 4 rings (SSSR count). The number of nitrogens with zero attached hydrogens (tertiary/aromatic N) is 1. The van der Waals surface area contributed by atoms with Gasteiger partial charge in [0, 0.05) is 16.6 Å². The monoisotopic (exact) mass is 363 g/mol. The molecule has 138 valence electrons. The number of para-hydroxylation sites is 1. The normalized spacial score (nSPS) is 16.1. The molecule has 0 saturated heterocycles. The van der Waals surface area contributed by atoms with Gasteiger partial charge >= 0.3 is 11.9 Å². The second kappa shape index (κ2) is 7.27. The summed E-state index contributed by atoms with van der Waals surface area (Å²) in [5.41, 5.74) is 4.01. The van der Waals surface area contributed by atoms with Crippen molar-refractivity contribution in [3.8, 4) is 0 Å². The van der Waals surface area contributed by atoms with Gasteiger partial charge in [0.05, 0.1) is 5.92 Å². The summed E-state index contributed by atoms with van der Waals surface area (Å²) >= 11 is 0. The Balaban J connectivity index is 1.56. The van der Waals surface area contributed by atoms with Crippen LogP contribution in [0.5, 0.6) is 0 Å². The number of aliphatic carboxylic acids is 1. The van der Waals surface area contributed by atoms with E-state index in [9.17, 15) is 14.7 Å². The topological polar surface area (TPSA) is 68.5 Å². The Bertz CT molecular complexity index is 990. The van der Waals surface area contributed by atoms with Crippen LogP contribution in [0.3, 0.4) is 0 Å². The maximum absolute atomic E-state index is 12.6. The van der Waals surface area contributed by atoms with Gasteiger partial charge in [0.2, 0.25) is 0 Å². The van der Waals surface area contributed by atoms with Crippen LogP contribution in [0, 0.1) is 5.92 Å². The Kier molecular flexibility index (Phi) is 4.67. The first-order chi connectivity index (χ1) is 13.1. The Morgan fingerprint density at radius 2 is 1.81 bits per heavy atom. The van der Waals surface area contributed by atoms with Gasteiger partial charge in [-0.3, -0.25) is 9.59 Å². The van der Waals surface area contributed by atoms with Crippen molar-refractivity contribution in [2.24, 2.45) is 5.92 Å². The molecule has 1 aromatic heterocycles. The van der Waals surface area contributed by atoms with Gasteiger partial charge in [0.25, 0.3) is 0 Å². The second-order valence-electron chi connectivity index (χ2n) is 6.96. The third kappa shape index (κ3) is 3.45. The first-order valence-corrected chi connectivity index (χ1v) is 9.15. The molecule has 5 nitrogen and oxygen atoms in total. The van der Waals surface area contributed by atoms with E-state index in [1.54, 1.807) is 0 Å². The minimum absolute atomic E-state index is 0.0566. The van der Waals surface area contributed by atoms with Crippen molar-refractivity contribution in [1.29, 1.82) is 0 Å². The van der Waals surface area contributed by atoms with E-state index in [1.165, 1.54) is 0 Å². The third-order valence-corrected chi connectivity index (χ3v) is 5.22. The van der Waals surface area contributed by atoms with Gasteiger partial charge < -0.3 is 14.4 Å². The van der Waals surface area contributed by atoms with Crippen molar-refractivity contribution in [1.82, 2.24) is 4.57 Å². The van der Waals surface area contributed by atoms with Crippen LogP contribution in [-0.4, -0.2) is 21.6 Å². The highest BCUT2D eigenvalue weighted by molar-refractivity contribution is 5.88. The maximum Gasteiger partial charge on any atom is 0.323 e. The number of carboxylic acids is 1. The van der Waals surface area contributed by atoms with Gasteiger partial charge in [0.1, 0.15) is 13.2 Å². The summed E-state index contributed by atoms with van der Waals surface area (Å²) in [6, 6.07) is 17.5. The molecule has 0 saturated carbocycles. The molecule has 0 amide bonds. The molecule has 0 radical (unpaired) electrons. The molecule has 3 aromatic rings. The van der Waals surface area contributed by atoms with Crippen LogP contribution in [0.4, 0.5) is 0 Å². The number of ether oxygens (including phenoxy) is 1. The fourth-order valence-electron chi connectivity index (χ4n) is 3.96. The van der Waals surface area contributed by atoms with Crippen LogP contribution in [-0.2, 0) is 40.3 Å². The number of hydrogen-bond acceptors (Lipinski definition) is 3. The zero-order valence-corrected chi connectivity index (χ0v) is 14.9. The molecule has 1 atom stereocenters. The zero-order valence-electron chi connectivity index (χ0n) is 14.9. The number of aromatic nitrogens is 1. The fourth-order valence-corrected chi connectivity index (χ4v) is 3.96. The number of esters is 1. The van der Waals surface area contributed by atoms with E-state index in [0.717, 1.165) is 27.7 Å². The van der Waals surface area contributed by atoms with Gasteiger partial charge in [-0.2, -0.15) is 0 Å². The molecule has 1 aliphatic rings. The number of carboxylic acid groups (broad SMARTS) is 1. The molecular formula is C22H21NO4. The Morgan fingerprint density at radius 3 is 2.59 bits per heavy atom. The molecule has 0 unspecified atom stereocenters. The van der Waals surface area contributed by atoms with Crippen molar-refractivity contribution in [2.75, 3.05) is 0 Å². The second-order valence-corrected chi connectivity index (χ2v) is 6.96. The molecule has 1 N–H and O–H groups in total. The standard InChI is InChI=1S/C22H21NO4/c24-21(25)13-23-19-9-5-4-8-17(19)18-12-16(10-11-20(18)23)22(26)27-14-15-6-2-1-3-7-15/h1-9,16H,10-14H2,(H,24,25)/t16-/m1/s1. The summed E-state index contributed by atoms with van der Waals surface area (Å²) in [4.78, 5) is 23.9. The summed E-state index contributed by atoms with van der Waals surface area (Å²) < 4.78 is 7.40. The Hall–Kier alpha value is -3.08. The van der Waals surface area contributed by atoms with Crippen molar-refractivity contribution < 1.29 is 19.4 Å². The highest BCUT2D eigenvalue weighted by Gasteiger charge is 2.30. The first kappa shape index (κ1) is 17.3. The summed E-state index contributed by atoms with van der Waals surface area (Å²) in [6.07, 6.45) is 1.95. The van der Waals surface area contributed by atoms with Crippen LogP contribution in [0.25, 0.3) is 10.9 Å². The highest BCUT2D eigenvalue weighted by Crippen LogP contribution is 2.35. The van der Waals surface area contributed by atoms with Crippen LogP contribution in [0.2, 0.25) is 0 Å². The summed E-state index contributed by atoms with van der Waals surface area (Å²) in [5, 5.41) is 10.3. The minimum Gasteiger partial charge on any atom is -0.480 e. The quantitative estimate of drug-likeness (QED) is 0.704. The lowest BCUT2D eigenvalue weighted by molar-refractivity contribution is -0.150. The maximum atomic E-state index is 12.6. The number of hydrogen-bond donors (Lipinski definition) is 1. The molecule has 0 fully saturated rings. The summed E-state index contributed by atoms with van der Waals surface area (Å²) in [6.45, 7) is 0.225. The number of rotatable bonds is 5. The van der Waals surface area contributed by atoms with Crippen LogP contribution >= 0.6 is 0 Å². The number of benzene rings is 2. The van der Waals surface area contributed by atoms with Crippen LogP contribution in [0.15, 0.2) is 54.6 Å². The SMILES string of the molecule is O=C(O)Cn1c2c(c3ccccc31)C[C@H](C(=O)OCc1ccccc1)CC2. The van der Waals surface area contributed by atoms with E-state index >= 15 is 0 Å². The molecule has 0 bridgehead atoms. The van der Waals surface area contributed by atoms with Gasteiger partial charge in [-0.1, -0.05) is 48.5 Å². The lowest BCUT2D eigenvalue weighted by atomic mass is 9.86. The molecular weight excluding hydrogens is 342 g/mol. The summed E-state index contributed by atoms with van der Waals surface area (Å²) in [7, 11) is 0. The highest BCUT2D eigenvalue weighted by atomic mass is 16.5. The van der Waals surface area contributed by atoms with Crippen molar-refractivity contribution in [3.63, 3.8) is 0 Å². The van der Waals surface area contributed by atoms with Gasteiger partial charge in [-0.05, 0) is 36.5 Å². The van der Waals surface area contributed by atoms with E-state index in [1.807, 2.05) is 59.2 Å². The van der Waals surface area contributed by atoms with E-state index in [-0.39, 0.29) is 25.0 Å². The Labute approximate surface area is 157 Å². The average molecular weight is 363 g/mol. The van der Waals surface area contributed by atoms with E-state index in [4.69, 9.17) is 4.74 Å². The molecule has 1 aliphatic carbocycles. The average Bonchev–Trinajstić information content (AvgIpc) is 3.00. The summed E-state index contributed by atoms with van der Waals surface area (Å²) in [5.74, 6) is -1.23. The van der Waals surface area contributed by atoms with Gasteiger partial charge in [-0.15, -0.1) is 0 Å². The van der Waals surface area contributed by atoms with Gasteiger partial charge in [0.15, 0.2) is 0 Å². The van der Waals surface area contributed by atoms with Crippen LogP contribution in [0.1, 0.15) is 23.2 Å². The predicted molar refractivity (Wildman–Crippen MR) is 101 cm³/mol. The molecule has 2 aromatic carbocycles. The van der Waals surface area contributed by atoms with E-state index < -0.39 is 5.97 Å². The smallest absolute Gasteiger partial charge is 0.323 e. The molecule has 5 heteroatoms. The van der Waals surface area contributed by atoms with E-state index in [0.29, 0.717) is 19.3 Å². The minimum atomic E-state index is -0.858. The lowest BCUT2D eigenvalue weighted by Gasteiger charge is -2.22. The Morgan fingerprint density at radius 1 is 1.07 bits per heavy atom. The van der Waals surface area contributed by atoms with Crippen molar-refractivity contribution >= 4 is 22.8 Å². The van der Waals surface area contributed by atoms with Crippen LogP contribution < -0.4 is 0 Å². The first-order valence-electron chi connectivity index (χ1n) is 9.15. The molecule has 1 heterocycles. The predicted octanol–water partition coefficient (Wildman–Crippen LogP) is 3.57. The molecule has 27 heavy (non-hydrogen) atoms.